The van der Waals surface area contributed by atoms with Crippen LogP contribution < -0.4 is 10.1 Å². The first-order valence-electron chi connectivity index (χ1n) is 7.92. The number of fused-ring (bicyclic) bond motifs is 1. The lowest BCUT2D eigenvalue weighted by molar-refractivity contribution is -0.122. The average molecular weight is 321 g/mol. The van der Waals surface area contributed by atoms with Gasteiger partial charge in [-0.2, -0.15) is 0 Å². The van der Waals surface area contributed by atoms with Gasteiger partial charge in [-0.1, -0.05) is 12.1 Å². The first-order valence-corrected chi connectivity index (χ1v) is 7.92. The third-order valence-corrected chi connectivity index (χ3v) is 4.49. The Bertz CT molecular complexity index is 576. The molecule has 0 aliphatic carbocycles. The summed E-state index contributed by atoms with van der Waals surface area (Å²) in [7, 11) is 1.64. The lowest BCUT2D eigenvalue weighted by Crippen LogP contribution is -2.44. The number of rotatable bonds is 5. The van der Waals surface area contributed by atoms with Gasteiger partial charge in [0.1, 0.15) is 24.1 Å². The molecule has 2 aliphatic heterocycles. The summed E-state index contributed by atoms with van der Waals surface area (Å²) in [5.41, 5.74) is 2.14. The molecule has 2 aliphatic rings. The van der Waals surface area contributed by atoms with Crippen LogP contribution in [0.4, 0.5) is 0 Å². The third kappa shape index (κ3) is 3.49. The highest BCUT2D eigenvalue weighted by atomic mass is 16.6. The van der Waals surface area contributed by atoms with Gasteiger partial charge >= 0.3 is 0 Å². The molecule has 2 N–H and O–H groups in total. The van der Waals surface area contributed by atoms with Gasteiger partial charge in [-0.05, 0) is 30.5 Å². The Morgan fingerprint density at radius 1 is 1.35 bits per heavy atom. The maximum atomic E-state index is 12.1. The summed E-state index contributed by atoms with van der Waals surface area (Å²) >= 11 is 0. The second kappa shape index (κ2) is 6.86. The molecule has 1 aromatic carbocycles. The van der Waals surface area contributed by atoms with Crippen LogP contribution in [0.3, 0.4) is 0 Å². The number of benzene rings is 1. The zero-order valence-corrected chi connectivity index (χ0v) is 13.5. The zero-order valence-electron chi connectivity index (χ0n) is 13.5. The Kier molecular flexibility index (Phi) is 4.84. The molecule has 2 saturated heterocycles. The first kappa shape index (κ1) is 16.2. The minimum atomic E-state index is -0.595. The number of hydrogen-bond donors (Lipinski definition) is 2. The molecular formula is C17H23NO5. The van der Waals surface area contributed by atoms with E-state index in [1.807, 2.05) is 25.1 Å². The van der Waals surface area contributed by atoms with E-state index < -0.39 is 6.10 Å². The second-order valence-electron chi connectivity index (χ2n) is 6.14. The Hall–Kier alpha value is -1.63. The van der Waals surface area contributed by atoms with Gasteiger partial charge < -0.3 is 24.6 Å². The lowest BCUT2D eigenvalue weighted by Gasteiger charge is -2.17. The van der Waals surface area contributed by atoms with Crippen molar-refractivity contribution >= 4 is 5.91 Å². The van der Waals surface area contributed by atoms with Gasteiger partial charge in [0.25, 0.3) is 0 Å². The van der Waals surface area contributed by atoms with Gasteiger partial charge in [-0.25, -0.2) is 0 Å². The molecule has 0 saturated carbocycles. The van der Waals surface area contributed by atoms with Crippen LogP contribution in [0.5, 0.6) is 5.75 Å². The molecule has 2 heterocycles. The smallest absolute Gasteiger partial charge is 0.220 e. The van der Waals surface area contributed by atoms with Crippen molar-refractivity contribution in [1.29, 1.82) is 0 Å². The number of ether oxygens (including phenoxy) is 3. The molecule has 0 aromatic heterocycles. The quantitative estimate of drug-likeness (QED) is 0.829. The highest BCUT2D eigenvalue weighted by Gasteiger charge is 2.47. The highest BCUT2D eigenvalue weighted by Crippen LogP contribution is 2.27. The Morgan fingerprint density at radius 3 is 2.91 bits per heavy atom. The molecule has 0 bridgehead atoms. The van der Waals surface area contributed by atoms with Gasteiger partial charge in [0, 0.05) is 6.42 Å². The minimum absolute atomic E-state index is 0.0382. The fraction of sp³-hybridized carbons (Fsp3) is 0.588. The number of aliphatic hydroxyl groups is 1. The van der Waals surface area contributed by atoms with Gasteiger partial charge in [-0.3, -0.25) is 4.79 Å². The number of aryl methyl sites for hydroxylation is 2. The van der Waals surface area contributed by atoms with Gasteiger partial charge in [0.15, 0.2) is 0 Å². The topological polar surface area (TPSA) is 77.0 Å². The van der Waals surface area contributed by atoms with E-state index >= 15 is 0 Å². The van der Waals surface area contributed by atoms with E-state index in [0.29, 0.717) is 19.4 Å². The van der Waals surface area contributed by atoms with Crippen LogP contribution in [0.1, 0.15) is 17.5 Å². The van der Waals surface area contributed by atoms with E-state index in [0.717, 1.165) is 16.9 Å². The molecule has 1 amide bonds. The van der Waals surface area contributed by atoms with Crippen LogP contribution in [0, 0.1) is 6.92 Å². The minimum Gasteiger partial charge on any atom is -0.496 e. The van der Waals surface area contributed by atoms with Crippen molar-refractivity contribution in [2.24, 2.45) is 0 Å². The van der Waals surface area contributed by atoms with Crippen LogP contribution >= 0.6 is 0 Å². The van der Waals surface area contributed by atoms with Crippen LogP contribution in [0.2, 0.25) is 0 Å². The molecule has 2 fully saturated rings. The van der Waals surface area contributed by atoms with Gasteiger partial charge in [0.2, 0.25) is 5.91 Å². The Morgan fingerprint density at radius 2 is 2.13 bits per heavy atom. The third-order valence-electron chi connectivity index (χ3n) is 4.49. The maximum absolute atomic E-state index is 12.1. The molecule has 1 aromatic rings. The molecule has 0 spiro atoms. The number of carbonyl (C=O) groups is 1. The second-order valence-corrected chi connectivity index (χ2v) is 6.14. The van der Waals surface area contributed by atoms with Crippen molar-refractivity contribution in [2.75, 3.05) is 20.3 Å². The van der Waals surface area contributed by atoms with E-state index in [2.05, 4.69) is 5.32 Å². The normalized spacial score (nSPS) is 29.3. The molecular weight excluding hydrogens is 298 g/mol. The average Bonchev–Trinajstić information content (AvgIpc) is 3.10. The van der Waals surface area contributed by atoms with E-state index in [9.17, 15) is 9.90 Å². The zero-order chi connectivity index (χ0) is 16.4. The van der Waals surface area contributed by atoms with E-state index in [1.165, 1.54) is 0 Å². The summed E-state index contributed by atoms with van der Waals surface area (Å²) < 4.78 is 16.3. The largest absolute Gasteiger partial charge is 0.496 e. The number of methoxy groups -OCH3 is 1. The lowest BCUT2D eigenvalue weighted by atomic mass is 10.1. The molecule has 23 heavy (non-hydrogen) atoms. The molecule has 126 valence electrons. The van der Waals surface area contributed by atoms with Crippen LogP contribution in [-0.4, -0.2) is 55.7 Å². The summed E-state index contributed by atoms with van der Waals surface area (Å²) in [5.74, 6) is 0.798. The van der Waals surface area contributed by atoms with E-state index in [1.54, 1.807) is 7.11 Å². The predicted octanol–water partition coefficient (Wildman–Crippen LogP) is 0.580. The number of carbonyl (C=O) groups excluding carboxylic acids is 1. The molecule has 4 atom stereocenters. The van der Waals surface area contributed by atoms with Crippen molar-refractivity contribution in [1.82, 2.24) is 5.32 Å². The van der Waals surface area contributed by atoms with Crippen LogP contribution in [-0.2, 0) is 20.7 Å². The van der Waals surface area contributed by atoms with Gasteiger partial charge in [0.05, 0.1) is 26.4 Å². The molecule has 3 rings (SSSR count). The molecule has 6 nitrogen and oxygen atoms in total. The predicted molar refractivity (Wildman–Crippen MR) is 83.5 cm³/mol. The Balaban J connectivity index is 1.50. The molecule has 0 unspecified atom stereocenters. The van der Waals surface area contributed by atoms with E-state index in [-0.39, 0.29) is 30.8 Å². The number of aliphatic hydroxyl groups excluding tert-OH is 1. The van der Waals surface area contributed by atoms with Crippen molar-refractivity contribution in [3.63, 3.8) is 0 Å². The fourth-order valence-electron chi connectivity index (χ4n) is 3.16. The fourth-order valence-corrected chi connectivity index (χ4v) is 3.16. The SMILES string of the molecule is COc1cc(CCC(=O)N[C@H]2CO[C@H]3[C@@H]2OC[C@H]3O)ccc1C. The number of nitrogens with one attached hydrogen (secondary N) is 1. The van der Waals surface area contributed by atoms with Gasteiger partial charge in [-0.15, -0.1) is 0 Å². The standard InChI is InChI=1S/C17H23NO5/c1-10-3-4-11(7-14(10)21-2)5-6-15(20)18-12-8-22-17-13(19)9-23-16(12)17/h3-4,7,12-13,16-17,19H,5-6,8-9H2,1-2H3,(H,18,20)/t12-,13+,16+,17+/m0/s1. The van der Waals surface area contributed by atoms with Crippen molar-refractivity contribution in [3.05, 3.63) is 29.3 Å². The van der Waals surface area contributed by atoms with Crippen LogP contribution in [0.15, 0.2) is 18.2 Å². The maximum Gasteiger partial charge on any atom is 0.220 e. The summed E-state index contributed by atoms with van der Waals surface area (Å²) in [6, 6.07) is 5.79. The summed E-state index contributed by atoms with van der Waals surface area (Å²) in [5, 5.41) is 12.7. The summed E-state index contributed by atoms with van der Waals surface area (Å²) in [6.45, 7) is 2.64. The monoisotopic (exact) mass is 321 g/mol. The summed E-state index contributed by atoms with van der Waals surface area (Å²) in [6.07, 6.45) is -0.118. The van der Waals surface area contributed by atoms with Crippen molar-refractivity contribution in [3.8, 4) is 5.75 Å². The van der Waals surface area contributed by atoms with Crippen molar-refractivity contribution in [2.45, 2.75) is 44.1 Å². The molecule has 0 radical (unpaired) electrons. The number of hydrogen-bond acceptors (Lipinski definition) is 5. The van der Waals surface area contributed by atoms with E-state index in [4.69, 9.17) is 14.2 Å². The van der Waals surface area contributed by atoms with Crippen molar-refractivity contribution < 1.29 is 24.1 Å². The first-order chi connectivity index (χ1) is 11.1. The number of amides is 1. The van der Waals surface area contributed by atoms with Crippen LogP contribution in [0.25, 0.3) is 0 Å². The molecule has 6 heteroatoms. The summed E-state index contributed by atoms with van der Waals surface area (Å²) in [4.78, 5) is 12.1. The Labute approximate surface area is 135 Å². The highest BCUT2D eigenvalue weighted by molar-refractivity contribution is 5.76.